The first-order chi connectivity index (χ1) is 11.3. The van der Waals surface area contributed by atoms with Gasteiger partial charge in [0.05, 0.1) is 17.5 Å². The summed E-state index contributed by atoms with van der Waals surface area (Å²) in [7, 11) is -2.65. The van der Waals surface area contributed by atoms with Crippen molar-refractivity contribution in [3.8, 4) is 0 Å². The topological polar surface area (TPSA) is 85.4 Å². The molecule has 0 radical (unpaired) electrons. The quantitative estimate of drug-likeness (QED) is 0.809. The van der Waals surface area contributed by atoms with Gasteiger partial charge < -0.3 is 4.74 Å². The summed E-state index contributed by atoms with van der Waals surface area (Å²) < 4.78 is 32.8. The summed E-state index contributed by atoms with van der Waals surface area (Å²) >= 11 is 0. The normalized spacial score (nSPS) is 13.2. The number of nitrogens with zero attached hydrogens (tertiary/aromatic N) is 1. The van der Waals surface area contributed by atoms with E-state index in [0.717, 1.165) is 5.56 Å². The number of aromatic nitrogens is 1. The van der Waals surface area contributed by atoms with Crippen molar-refractivity contribution in [1.29, 1.82) is 0 Å². The van der Waals surface area contributed by atoms with Crippen molar-refractivity contribution < 1.29 is 17.9 Å². The van der Waals surface area contributed by atoms with Crippen molar-refractivity contribution in [2.24, 2.45) is 5.92 Å². The number of sulfonamides is 1. The van der Waals surface area contributed by atoms with Crippen LogP contribution in [0.3, 0.4) is 0 Å². The molecule has 0 spiro atoms. The van der Waals surface area contributed by atoms with Crippen LogP contribution < -0.4 is 4.72 Å². The minimum absolute atomic E-state index is 0.105. The maximum absolute atomic E-state index is 12.8. The van der Waals surface area contributed by atoms with Crippen LogP contribution in [0.4, 0.5) is 0 Å². The lowest BCUT2D eigenvalue weighted by Crippen LogP contribution is -2.42. The lowest BCUT2D eigenvalue weighted by atomic mass is 10.1. The van der Waals surface area contributed by atoms with Gasteiger partial charge in [0.2, 0.25) is 10.0 Å². The SMILES string of the molecule is COC(=O)C(CC(C)C)NS(=O)(=O)c1ccc(C)c2ncccc12. The van der Waals surface area contributed by atoms with Gasteiger partial charge in [-0.1, -0.05) is 19.9 Å². The lowest BCUT2D eigenvalue weighted by molar-refractivity contribution is -0.143. The van der Waals surface area contributed by atoms with E-state index in [1.807, 2.05) is 20.8 Å². The van der Waals surface area contributed by atoms with Crippen LogP contribution >= 0.6 is 0 Å². The van der Waals surface area contributed by atoms with Gasteiger partial charge in [-0.15, -0.1) is 0 Å². The van der Waals surface area contributed by atoms with Gasteiger partial charge in [-0.25, -0.2) is 8.42 Å². The van der Waals surface area contributed by atoms with Crippen molar-refractivity contribution in [2.75, 3.05) is 7.11 Å². The van der Waals surface area contributed by atoms with E-state index >= 15 is 0 Å². The molecule has 0 saturated carbocycles. The van der Waals surface area contributed by atoms with Crippen molar-refractivity contribution in [1.82, 2.24) is 9.71 Å². The number of carbonyl (C=O) groups is 1. The van der Waals surface area contributed by atoms with Crippen molar-refractivity contribution >= 4 is 26.9 Å². The summed E-state index contributed by atoms with van der Waals surface area (Å²) in [5, 5.41) is 0.526. The van der Waals surface area contributed by atoms with E-state index < -0.39 is 22.0 Å². The fourth-order valence-corrected chi connectivity index (χ4v) is 3.97. The molecule has 2 aromatic rings. The third-order valence-electron chi connectivity index (χ3n) is 3.71. The first-order valence-electron chi connectivity index (χ1n) is 7.70. The summed E-state index contributed by atoms with van der Waals surface area (Å²) in [4.78, 5) is 16.3. The zero-order valence-electron chi connectivity index (χ0n) is 14.2. The van der Waals surface area contributed by atoms with Gasteiger partial charge in [0, 0.05) is 11.6 Å². The third-order valence-corrected chi connectivity index (χ3v) is 5.24. The number of hydrogen-bond donors (Lipinski definition) is 1. The molecule has 6 nitrogen and oxygen atoms in total. The second kappa shape index (κ2) is 7.27. The highest BCUT2D eigenvalue weighted by molar-refractivity contribution is 7.89. The van der Waals surface area contributed by atoms with E-state index in [-0.39, 0.29) is 10.8 Å². The third kappa shape index (κ3) is 3.91. The van der Waals surface area contributed by atoms with Crippen LogP contribution in [0.25, 0.3) is 10.9 Å². The molecule has 0 saturated heterocycles. The number of ether oxygens (including phenoxy) is 1. The van der Waals surface area contributed by atoms with Gasteiger partial charge in [-0.05, 0) is 43.0 Å². The number of nitrogens with one attached hydrogen (secondary N) is 1. The van der Waals surface area contributed by atoms with Gasteiger partial charge in [-0.2, -0.15) is 4.72 Å². The molecule has 0 aliphatic heterocycles. The average molecular weight is 350 g/mol. The number of pyridine rings is 1. The first kappa shape index (κ1) is 18.4. The Morgan fingerprint density at radius 2 is 2.00 bits per heavy atom. The molecule has 0 bridgehead atoms. The summed E-state index contributed by atoms with van der Waals surface area (Å²) in [5.74, 6) is -0.463. The number of aryl methyl sites for hydroxylation is 1. The number of methoxy groups -OCH3 is 1. The molecule has 130 valence electrons. The van der Waals surface area contributed by atoms with Gasteiger partial charge in [0.15, 0.2) is 0 Å². The summed E-state index contributed by atoms with van der Waals surface area (Å²) in [6, 6.07) is 5.71. The summed E-state index contributed by atoms with van der Waals surface area (Å²) in [5.41, 5.74) is 1.51. The Labute approximate surface area is 142 Å². The largest absolute Gasteiger partial charge is 0.468 e. The van der Waals surface area contributed by atoms with E-state index in [0.29, 0.717) is 17.3 Å². The Bertz CT molecular complexity index is 847. The predicted octanol–water partition coefficient (Wildman–Crippen LogP) is 2.41. The molecule has 24 heavy (non-hydrogen) atoms. The minimum atomic E-state index is -3.89. The number of fused-ring (bicyclic) bond motifs is 1. The predicted molar refractivity (Wildman–Crippen MR) is 92.1 cm³/mol. The van der Waals surface area contributed by atoms with E-state index in [4.69, 9.17) is 4.74 Å². The zero-order valence-corrected chi connectivity index (χ0v) is 15.1. The highest BCUT2D eigenvalue weighted by Crippen LogP contribution is 2.24. The van der Waals surface area contributed by atoms with Crippen molar-refractivity contribution in [3.05, 3.63) is 36.0 Å². The molecule has 1 aromatic carbocycles. The molecule has 1 aromatic heterocycles. The Kier molecular flexibility index (Phi) is 5.56. The van der Waals surface area contributed by atoms with Gasteiger partial charge in [0.25, 0.3) is 0 Å². The number of esters is 1. The maximum Gasteiger partial charge on any atom is 0.323 e. The fourth-order valence-electron chi connectivity index (χ4n) is 2.58. The highest BCUT2D eigenvalue weighted by Gasteiger charge is 2.28. The first-order valence-corrected chi connectivity index (χ1v) is 9.19. The molecule has 0 amide bonds. The zero-order chi connectivity index (χ0) is 17.9. The Balaban J connectivity index is 2.47. The maximum atomic E-state index is 12.8. The Morgan fingerprint density at radius 1 is 1.29 bits per heavy atom. The van der Waals surface area contributed by atoms with Crippen LogP contribution in [0.5, 0.6) is 0 Å². The van der Waals surface area contributed by atoms with Crippen LogP contribution in [0.1, 0.15) is 25.8 Å². The molecular formula is C17H22N2O4S. The molecule has 0 fully saturated rings. The second-order valence-electron chi connectivity index (χ2n) is 6.11. The molecule has 1 N–H and O–H groups in total. The highest BCUT2D eigenvalue weighted by atomic mass is 32.2. The lowest BCUT2D eigenvalue weighted by Gasteiger charge is -2.19. The number of carbonyl (C=O) groups excluding carboxylic acids is 1. The van der Waals surface area contributed by atoms with E-state index in [2.05, 4.69) is 9.71 Å². The van der Waals surface area contributed by atoms with Gasteiger partial charge in [-0.3, -0.25) is 9.78 Å². The summed E-state index contributed by atoms with van der Waals surface area (Å²) in [6.45, 7) is 5.69. The van der Waals surface area contributed by atoms with Crippen LogP contribution in [0.2, 0.25) is 0 Å². The number of benzene rings is 1. The molecule has 0 aliphatic carbocycles. The fraction of sp³-hybridized carbons (Fsp3) is 0.412. The molecule has 1 unspecified atom stereocenters. The standard InChI is InChI=1S/C17H22N2O4S/c1-11(2)10-14(17(20)23-4)19-24(21,22)15-8-7-12(3)16-13(15)6-5-9-18-16/h5-9,11,14,19H,10H2,1-4H3. The number of rotatable bonds is 6. The van der Waals surface area contributed by atoms with Gasteiger partial charge in [0.1, 0.15) is 6.04 Å². The monoisotopic (exact) mass is 350 g/mol. The van der Waals surface area contributed by atoms with Crippen LogP contribution in [0.15, 0.2) is 35.4 Å². The van der Waals surface area contributed by atoms with E-state index in [9.17, 15) is 13.2 Å². The molecule has 0 aliphatic rings. The van der Waals surface area contributed by atoms with Gasteiger partial charge >= 0.3 is 5.97 Å². The van der Waals surface area contributed by atoms with E-state index in [1.54, 1.807) is 24.4 Å². The summed E-state index contributed by atoms with van der Waals surface area (Å²) in [6.07, 6.45) is 1.98. The van der Waals surface area contributed by atoms with E-state index in [1.165, 1.54) is 13.2 Å². The molecule has 1 heterocycles. The number of hydrogen-bond acceptors (Lipinski definition) is 5. The van der Waals surface area contributed by atoms with Crippen LogP contribution in [-0.2, 0) is 19.6 Å². The molecule has 2 rings (SSSR count). The smallest absolute Gasteiger partial charge is 0.323 e. The van der Waals surface area contributed by atoms with Crippen molar-refractivity contribution in [2.45, 2.75) is 38.1 Å². The van der Waals surface area contributed by atoms with Crippen LogP contribution in [0, 0.1) is 12.8 Å². The van der Waals surface area contributed by atoms with Crippen molar-refractivity contribution in [3.63, 3.8) is 0 Å². The minimum Gasteiger partial charge on any atom is -0.468 e. The molecule has 7 heteroatoms. The Morgan fingerprint density at radius 3 is 2.62 bits per heavy atom. The second-order valence-corrected chi connectivity index (χ2v) is 7.79. The average Bonchev–Trinajstić information content (AvgIpc) is 2.53. The molecule has 1 atom stereocenters. The Hall–Kier alpha value is -1.99. The van der Waals surface area contributed by atoms with Crippen LogP contribution in [-0.4, -0.2) is 32.5 Å². The molecular weight excluding hydrogens is 328 g/mol.